The third-order valence-electron chi connectivity index (χ3n) is 3.26. The van der Waals surface area contributed by atoms with Crippen LogP contribution in [0.15, 0.2) is 60.7 Å². The maximum absolute atomic E-state index is 10.6. The normalized spacial score (nSPS) is 9.00. The van der Waals surface area contributed by atoms with E-state index in [9.17, 15) is 29.4 Å². The predicted octanol–water partition coefficient (Wildman–Crippen LogP) is -4.42. The van der Waals surface area contributed by atoms with Crippen LogP contribution < -0.4 is 32.3 Å². The maximum atomic E-state index is 10.6. The first kappa shape index (κ1) is 26.2. The van der Waals surface area contributed by atoms with E-state index in [0.717, 1.165) is 13.1 Å². The van der Waals surface area contributed by atoms with Gasteiger partial charge < -0.3 is 41.9 Å². The summed E-state index contributed by atoms with van der Waals surface area (Å²) in [6.45, 7) is 0.136. The molecule has 2 amide bonds. The van der Waals surface area contributed by atoms with E-state index in [2.05, 4.69) is 35.7 Å². The number of carboxylic acids is 2. The molecule has 0 aliphatic rings. The minimum atomic E-state index is -1.56. The number of rotatable bonds is 6. The Balaban J connectivity index is 0.000000447. The molecule has 0 aromatic heterocycles. The quantitative estimate of drug-likeness (QED) is 0.342. The third kappa shape index (κ3) is 14.3. The molecular weight excluding hydrogens is 392 g/mol. The smallest absolute Gasteiger partial charge is 0.309 e. The molecule has 0 fully saturated rings. The number of amides is 2. The van der Waals surface area contributed by atoms with Crippen molar-refractivity contribution in [1.29, 1.82) is 0 Å². The lowest BCUT2D eigenvalue weighted by Crippen LogP contribution is -2.47. The molecule has 0 aliphatic carbocycles. The Bertz CT molecular complexity index is 717. The number of nitrogens with one attached hydrogen (secondary N) is 2. The van der Waals surface area contributed by atoms with Crippen LogP contribution in [0.5, 0.6) is 0 Å². The summed E-state index contributed by atoms with van der Waals surface area (Å²) in [5.41, 5.74) is 10.1. The summed E-state index contributed by atoms with van der Waals surface area (Å²) in [4.78, 5) is 40.9. The van der Waals surface area contributed by atoms with E-state index in [1.807, 2.05) is 36.4 Å². The van der Waals surface area contributed by atoms with Gasteiger partial charge in [0.25, 0.3) is 0 Å². The Kier molecular flexibility index (Phi) is 14.2. The van der Waals surface area contributed by atoms with Crippen molar-refractivity contribution in [2.24, 2.45) is 0 Å². The molecule has 0 unspecified atom stereocenters. The Morgan fingerprint density at radius 1 is 0.633 bits per heavy atom. The van der Waals surface area contributed by atoms with Crippen LogP contribution in [-0.4, -0.2) is 36.8 Å². The molecule has 2 aromatic carbocycles. The van der Waals surface area contributed by atoms with Crippen LogP contribution in [0.4, 0.5) is 0 Å². The molecule has 0 heterocycles. The van der Waals surface area contributed by atoms with Gasteiger partial charge in [-0.2, -0.15) is 0 Å². The van der Waals surface area contributed by atoms with Crippen molar-refractivity contribution < 1.29 is 40.9 Å². The minimum Gasteiger partial charge on any atom is -0.548 e. The molecule has 0 bridgehead atoms. The molecule has 10 nitrogen and oxygen atoms in total. The SMILES string of the molecule is O=C([O-])CNC(=O)C(=O)NCC(=O)[O-].[NH3+]Cc1ccccc1.[NH3+]Cc1ccccc1. The Hall–Kier alpha value is -3.76. The topological polar surface area (TPSA) is 194 Å². The lowest BCUT2D eigenvalue weighted by atomic mass is 10.2. The predicted molar refractivity (Wildman–Crippen MR) is 102 cm³/mol. The summed E-state index contributed by atoms with van der Waals surface area (Å²) < 4.78 is 0. The summed E-state index contributed by atoms with van der Waals surface area (Å²) >= 11 is 0. The highest BCUT2D eigenvalue weighted by Crippen LogP contribution is 1.94. The lowest BCUT2D eigenvalue weighted by molar-refractivity contribution is -0.386. The van der Waals surface area contributed by atoms with Crippen LogP contribution in [0.25, 0.3) is 0 Å². The van der Waals surface area contributed by atoms with Crippen LogP contribution in [0, 0.1) is 0 Å². The van der Waals surface area contributed by atoms with Crippen LogP contribution in [0.2, 0.25) is 0 Å². The van der Waals surface area contributed by atoms with Gasteiger partial charge in [-0.05, 0) is 0 Å². The molecule has 162 valence electrons. The van der Waals surface area contributed by atoms with E-state index in [4.69, 9.17) is 0 Å². The monoisotopic (exact) mass is 418 g/mol. The number of benzene rings is 2. The highest BCUT2D eigenvalue weighted by molar-refractivity contribution is 6.35. The standard InChI is InChI=1S/2C7H9N.C6H8N2O6/c2*8-6-7-4-2-1-3-5-7;9-3(10)1-7-5(13)6(14)8-2-4(11)12/h2*1-5H,6,8H2;1-2H2,(H,7,13)(H,8,14)(H,9,10)(H,11,12). The van der Waals surface area contributed by atoms with E-state index in [-0.39, 0.29) is 0 Å². The maximum Gasteiger partial charge on any atom is 0.309 e. The third-order valence-corrected chi connectivity index (χ3v) is 3.26. The molecule has 2 rings (SSSR count). The van der Waals surface area contributed by atoms with Crippen molar-refractivity contribution in [3.63, 3.8) is 0 Å². The first-order valence-corrected chi connectivity index (χ1v) is 8.92. The van der Waals surface area contributed by atoms with Gasteiger partial charge in [0, 0.05) is 11.1 Å². The fourth-order valence-corrected chi connectivity index (χ4v) is 1.75. The van der Waals surface area contributed by atoms with Gasteiger partial charge in [-0.15, -0.1) is 0 Å². The second-order valence-electron chi connectivity index (χ2n) is 5.58. The van der Waals surface area contributed by atoms with Crippen LogP contribution in [-0.2, 0) is 32.3 Å². The zero-order valence-corrected chi connectivity index (χ0v) is 16.5. The second-order valence-corrected chi connectivity index (χ2v) is 5.58. The average molecular weight is 418 g/mol. The van der Waals surface area contributed by atoms with E-state index in [1.165, 1.54) is 11.1 Å². The van der Waals surface area contributed by atoms with Crippen molar-refractivity contribution in [2.75, 3.05) is 13.1 Å². The summed E-state index contributed by atoms with van der Waals surface area (Å²) in [6.07, 6.45) is 0. The van der Waals surface area contributed by atoms with Gasteiger partial charge in [0.2, 0.25) is 0 Å². The summed E-state index contributed by atoms with van der Waals surface area (Å²) in [6, 6.07) is 20.4. The van der Waals surface area contributed by atoms with Crippen LogP contribution >= 0.6 is 0 Å². The molecule has 0 radical (unpaired) electrons. The highest BCUT2D eigenvalue weighted by atomic mass is 16.4. The van der Waals surface area contributed by atoms with Gasteiger partial charge in [-0.3, -0.25) is 9.59 Å². The van der Waals surface area contributed by atoms with Crippen LogP contribution in [0.3, 0.4) is 0 Å². The molecule has 0 atom stereocenters. The van der Waals surface area contributed by atoms with Gasteiger partial charge in [0.1, 0.15) is 0 Å². The summed E-state index contributed by atoms with van der Waals surface area (Å²) in [5, 5.41) is 23.0. The van der Waals surface area contributed by atoms with Crippen molar-refractivity contribution in [3.05, 3.63) is 71.8 Å². The molecule has 0 spiro atoms. The van der Waals surface area contributed by atoms with E-state index in [0.29, 0.717) is 0 Å². The fraction of sp³-hybridized carbons (Fsp3) is 0.200. The molecule has 0 saturated carbocycles. The van der Waals surface area contributed by atoms with Crippen molar-refractivity contribution in [1.82, 2.24) is 10.6 Å². The fourth-order valence-electron chi connectivity index (χ4n) is 1.75. The number of aliphatic carboxylic acids is 2. The van der Waals surface area contributed by atoms with E-state index in [1.54, 1.807) is 10.6 Å². The van der Waals surface area contributed by atoms with Gasteiger partial charge in [-0.1, -0.05) is 60.7 Å². The molecule has 2 aromatic rings. The number of carbonyl (C=O) groups excluding carboxylic acids is 4. The number of hydrogen-bond acceptors (Lipinski definition) is 6. The molecule has 10 heteroatoms. The summed E-state index contributed by atoms with van der Waals surface area (Å²) in [7, 11) is 0. The van der Waals surface area contributed by atoms with Gasteiger partial charge in [0.15, 0.2) is 0 Å². The van der Waals surface area contributed by atoms with Crippen molar-refractivity contribution in [3.8, 4) is 0 Å². The van der Waals surface area contributed by atoms with Crippen molar-refractivity contribution >= 4 is 23.8 Å². The first-order chi connectivity index (χ1) is 14.3. The molecule has 0 aliphatic heterocycles. The largest absolute Gasteiger partial charge is 0.548 e. The first-order valence-electron chi connectivity index (χ1n) is 8.92. The van der Waals surface area contributed by atoms with E-state index < -0.39 is 36.8 Å². The van der Waals surface area contributed by atoms with Crippen LogP contribution in [0.1, 0.15) is 11.1 Å². The minimum absolute atomic E-state index is 0.822. The molecule has 0 saturated heterocycles. The Labute approximate surface area is 173 Å². The van der Waals surface area contributed by atoms with Gasteiger partial charge in [-0.25, -0.2) is 0 Å². The summed E-state index contributed by atoms with van der Waals surface area (Å²) in [5.74, 6) is -5.64. The Morgan fingerprint density at radius 3 is 1.13 bits per heavy atom. The number of carbonyl (C=O) groups is 4. The Morgan fingerprint density at radius 2 is 0.933 bits per heavy atom. The number of carboxylic acid groups (broad SMARTS) is 2. The molecular formula is C20H26N4O6. The lowest BCUT2D eigenvalue weighted by Gasteiger charge is -2.06. The zero-order valence-electron chi connectivity index (χ0n) is 16.5. The van der Waals surface area contributed by atoms with Gasteiger partial charge in [0.05, 0.1) is 38.1 Å². The molecule has 30 heavy (non-hydrogen) atoms. The number of quaternary nitrogens is 2. The second kappa shape index (κ2) is 16.2. The van der Waals surface area contributed by atoms with Crippen molar-refractivity contribution in [2.45, 2.75) is 13.1 Å². The van der Waals surface area contributed by atoms with Gasteiger partial charge >= 0.3 is 11.8 Å². The number of hydrogen-bond donors (Lipinski definition) is 4. The molecule has 8 N–H and O–H groups in total. The average Bonchev–Trinajstić information content (AvgIpc) is 2.77. The zero-order chi connectivity index (χ0) is 22.8. The highest BCUT2D eigenvalue weighted by Gasteiger charge is 2.11. The van der Waals surface area contributed by atoms with E-state index >= 15 is 0 Å².